The van der Waals surface area contributed by atoms with Crippen LogP contribution in [0.2, 0.25) is 0 Å². The van der Waals surface area contributed by atoms with Gasteiger partial charge >= 0.3 is 0 Å². The molecular weight excluding hydrogens is 262 g/mol. The van der Waals surface area contributed by atoms with E-state index in [9.17, 15) is 0 Å². The van der Waals surface area contributed by atoms with Crippen molar-refractivity contribution in [2.75, 3.05) is 5.32 Å². The van der Waals surface area contributed by atoms with E-state index in [1.54, 1.807) is 0 Å². The van der Waals surface area contributed by atoms with Gasteiger partial charge in [-0.1, -0.05) is 51.0 Å². The number of anilines is 1. The molecule has 106 valence electrons. The van der Waals surface area contributed by atoms with E-state index in [0.29, 0.717) is 6.04 Å². The van der Waals surface area contributed by atoms with Crippen molar-refractivity contribution in [1.29, 1.82) is 0 Å². The minimum absolute atomic E-state index is 0.611. The molecule has 1 aliphatic rings. The lowest BCUT2D eigenvalue weighted by atomic mass is 9.78. The fourth-order valence-electron chi connectivity index (χ4n) is 3.24. The zero-order chi connectivity index (χ0) is 13.9. The molecule has 2 heteroatoms. The fraction of sp³-hybridized carbons (Fsp3) is 0.444. The van der Waals surface area contributed by atoms with Gasteiger partial charge in [0, 0.05) is 22.2 Å². The molecule has 0 radical (unpaired) electrons. The predicted octanol–water partition coefficient (Wildman–Crippen LogP) is 5.65. The third kappa shape index (κ3) is 2.76. The van der Waals surface area contributed by atoms with Gasteiger partial charge in [0.2, 0.25) is 0 Å². The van der Waals surface area contributed by atoms with E-state index in [0.717, 1.165) is 11.8 Å². The van der Waals surface area contributed by atoms with Crippen LogP contribution in [0.3, 0.4) is 0 Å². The van der Waals surface area contributed by atoms with Crippen molar-refractivity contribution >= 4 is 17.0 Å². The highest BCUT2D eigenvalue weighted by Crippen LogP contribution is 2.36. The third-order valence-electron chi connectivity index (χ3n) is 4.76. The topological polar surface area (TPSA) is 12.0 Å². The number of hydrogen-bond acceptors (Lipinski definition) is 2. The third-order valence-corrected chi connectivity index (χ3v) is 5.66. The molecule has 1 aromatic heterocycles. The van der Waals surface area contributed by atoms with E-state index in [1.807, 2.05) is 11.3 Å². The maximum absolute atomic E-state index is 3.82. The maximum atomic E-state index is 3.82. The molecule has 0 amide bonds. The minimum atomic E-state index is 0.611. The molecule has 3 rings (SSSR count). The molecule has 1 saturated carbocycles. The largest absolute Gasteiger partial charge is 0.382 e. The zero-order valence-corrected chi connectivity index (χ0v) is 13.1. The Kier molecular flexibility index (Phi) is 4.11. The summed E-state index contributed by atoms with van der Waals surface area (Å²) in [6, 6.07) is 13.7. The van der Waals surface area contributed by atoms with E-state index >= 15 is 0 Å². The fourth-order valence-corrected chi connectivity index (χ4v) is 4.01. The second-order valence-corrected chi connectivity index (χ2v) is 6.99. The Bertz CT molecular complexity index is 546. The van der Waals surface area contributed by atoms with Gasteiger partial charge in [-0.3, -0.25) is 0 Å². The van der Waals surface area contributed by atoms with Gasteiger partial charge in [-0.05, 0) is 35.8 Å². The first kappa shape index (κ1) is 13.7. The molecule has 1 aromatic carbocycles. The van der Waals surface area contributed by atoms with Crippen molar-refractivity contribution in [2.24, 2.45) is 11.8 Å². The van der Waals surface area contributed by atoms with Crippen molar-refractivity contribution in [3.63, 3.8) is 0 Å². The summed E-state index contributed by atoms with van der Waals surface area (Å²) in [4.78, 5) is 1.35. The number of benzene rings is 1. The molecule has 2 aromatic rings. The Morgan fingerprint density at radius 1 is 1.05 bits per heavy atom. The first-order valence-electron chi connectivity index (χ1n) is 7.65. The molecule has 1 N–H and O–H groups in total. The average molecular weight is 285 g/mol. The maximum Gasteiger partial charge on any atom is 0.0430 e. The normalized spacial score (nSPS) is 26.4. The summed E-state index contributed by atoms with van der Waals surface area (Å²) in [5.41, 5.74) is 2.63. The molecule has 0 spiro atoms. The van der Waals surface area contributed by atoms with Crippen LogP contribution in [0.25, 0.3) is 10.4 Å². The quantitative estimate of drug-likeness (QED) is 0.768. The van der Waals surface area contributed by atoms with Crippen LogP contribution in [0.4, 0.5) is 5.69 Å². The Balaban J connectivity index is 1.84. The van der Waals surface area contributed by atoms with Gasteiger partial charge in [0.05, 0.1) is 0 Å². The summed E-state index contributed by atoms with van der Waals surface area (Å²) < 4.78 is 0. The highest BCUT2D eigenvalue weighted by Gasteiger charge is 2.27. The molecule has 3 atom stereocenters. The zero-order valence-electron chi connectivity index (χ0n) is 12.3. The van der Waals surface area contributed by atoms with Crippen LogP contribution >= 0.6 is 11.3 Å². The standard InChI is InChI=1S/C18H23NS/c1-13-7-5-10-16(14(13)2)19-17-9-4-3-8-15(17)18-11-6-12-20-18/h3-4,6,8-9,11-14,16,19H,5,7,10H2,1-2H3. The number of para-hydroxylation sites is 1. The molecule has 1 aliphatic carbocycles. The highest BCUT2D eigenvalue weighted by atomic mass is 32.1. The van der Waals surface area contributed by atoms with Crippen molar-refractivity contribution in [3.05, 3.63) is 41.8 Å². The number of thiophene rings is 1. The van der Waals surface area contributed by atoms with Crippen LogP contribution in [0, 0.1) is 11.8 Å². The van der Waals surface area contributed by atoms with Crippen LogP contribution in [0.15, 0.2) is 41.8 Å². The summed E-state index contributed by atoms with van der Waals surface area (Å²) in [5, 5.41) is 5.97. The second kappa shape index (κ2) is 6.01. The number of rotatable bonds is 3. The summed E-state index contributed by atoms with van der Waals surface area (Å²) >= 11 is 1.81. The summed E-state index contributed by atoms with van der Waals surface area (Å²) in [6.45, 7) is 4.79. The lowest BCUT2D eigenvalue weighted by Crippen LogP contribution is -2.35. The lowest BCUT2D eigenvalue weighted by Gasteiger charge is -2.35. The molecule has 0 bridgehead atoms. The van der Waals surface area contributed by atoms with Gasteiger partial charge in [-0.15, -0.1) is 11.3 Å². The Morgan fingerprint density at radius 2 is 1.90 bits per heavy atom. The van der Waals surface area contributed by atoms with Crippen LogP contribution in [0.1, 0.15) is 33.1 Å². The Morgan fingerprint density at radius 3 is 2.70 bits per heavy atom. The molecule has 1 nitrogen and oxygen atoms in total. The molecule has 1 heterocycles. The summed E-state index contributed by atoms with van der Waals surface area (Å²) in [6.07, 6.45) is 4.03. The van der Waals surface area contributed by atoms with Crippen LogP contribution in [-0.2, 0) is 0 Å². The highest BCUT2D eigenvalue weighted by molar-refractivity contribution is 7.13. The van der Waals surface area contributed by atoms with Crippen molar-refractivity contribution < 1.29 is 0 Å². The molecule has 0 aliphatic heterocycles. The van der Waals surface area contributed by atoms with Gasteiger partial charge < -0.3 is 5.32 Å². The number of hydrogen-bond donors (Lipinski definition) is 1. The minimum Gasteiger partial charge on any atom is -0.382 e. The van der Waals surface area contributed by atoms with Gasteiger partial charge in [0.25, 0.3) is 0 Å². The molecule has 1 fully saturated rings. The number of nitrogens with one attached hydrogen (secondary N) is 1. The monoisotopic (exact) mass is 285 g/mol. The van der Waals surface area contributed by atoms with E-state index in [2.05, 4.69) is 60.9 Å². The van der Waals surface area contributed by atoms with Crippen molar-refractivity contribution in [1.82, 2.24) is 0 Å². The Labute approximate surface area is 126 Å². The van der Waals surface area contributed by atoms with E-state index in [1.165, 1.54) is 35.4 Å². The van der Waals surface area contributed by atoms with Crippen LogP contribution in [0.5, 0.6) is 0 Å². The smallest absolute Gasteiger partial charge is 0.0430 e. The first-order valence-corrected chi connectivity index (χ1v) is 8.53. The van der Waals surface area contributed by atoms with E-state index < -0.39 is 0 Å². The van der Waals surface area contributed by atoms with Gasteiger partial charge in [-0.25, -0.2) is 0 Å². The molecule has 20 heavy (non-hydrogen) atoms. The SMILES string of the molecule is CC1CCCC(Nc2ccccc2-c2cccs2)C1C. The van der Waals surface area contributed by atoms with Gasteiger partial charge in [0.15, 0.2) is 0 Å². The Hall–Kier alpha value is -1.28. The summed E-state index contributed by atoms with van der Waals surface area (Å²) in [7, 11) is 0. The van der Waals surface area contributed by atoms with Crippen molar-refractivity contribution in [2.45, 2.75) is 39.2 Å². The van der Waals surface area contributed by atoms with Gasteiger partial charge in [-0.2, -0.15) is 0 Å². The van der Waals surface area contributed by atoms with Crippen molar-refractivity contribution in [3.8, 4) is 10.4 Å². The molecule has 0 saturated heterocycles. The average Bonchev–Trinajstić information content (AvgIpc) is 2.98. The van der Waals surface area contributed by atoms with E-state index in [-0.39, 0.29) is 0 Å². The molecule has 3 unspecified atom stereocenters. The lowest BCUT2D eigenvalue weighted by molar-refractivity contribution is 0.253. The van der Waals surface area contributed by atoms with Gasteiger partial charge in [0.1, 0.15) is 0 Å². The second-order valence-electron chi connectivity index (χ2n) is 6.04. The predicted molar refractivity (Wildman–Crippen MR) is 89.3 cm³/mol. The van der Waals surface area contributed by atoms with Crippen LogP contribution in [-0.4, -0.2) is 6.04 Å². The molecular formula is C18H23NS. The van der Waals surface area contributed by atoms with E-state index in [4.69, 9.17) is 0 Å². The first-order chi connectivity index (χ1) is 9.75. The van der Waals surface area contributed by atoms with Crippen LogP contribution < -0.4 is 5.32 Å². The summed E-state index contributed by atoms with van der Waals surface area (Å²) in [5.74, 6) is 1.58.